The van der Waals surface area contributed by atoms with Crippen molar-refractivity contribution >= 4 is 33.5 Å². The minimum absolute atomic E-state index is 0.412. The minimum atomic E-state index is 0.412. The molecule has 0 radical (unpaired) electrons. The van der Waals surface area contributed by atoms with Crippen molar-refractivity contribution in [1.29, 1.82) is 0 Å². The number of aromatic nitrogens is 2. The zero-order valence-corrected chi connectivity index (χ0v) is 21.3. The normalized spacial score (nSPS) is 14.8. The van der Waals surface area contributed by atoms with Gasteiger partial charge < -0.3 is 23.8 Å². The number of fused-ring (bicyclic) bond motifs is 1. The average Bonchev–Trinajstić information content (AvgIpc) is 3.38. The standard InChI is InChI=1S/C24H32ClN3O4S/c1-5-8-27(19-6-9-32-10-7-19)22-23(31-4)26-28-20(15-33-24(22)28)21-16(13-29-2)11-18(25)12-17(21)14-30-3/h11-12,15,19H,5-10,13-14H2,1-4H3. The van der Waals surface area contributed by atoms with Crippen LogP contribution < -0.4 is 9.64 Å². The summed E-state index contributed by atoms with van der Waals surface area (Å²) in [4.78, 5) is 3.54. The Hall–Kier alpha value is -1.84. The highest BCUT2D eigenvalue weighted by molar-refractivity contribution is 7.16. The summed E-state index contributed by atoms with van der Waals surface area (Å²) in [5, 5.41) is 7.73. The fourth-order valence-electron chi connectivity index (χ4n) is 4.66. The first-order valence-corrected chi connectivity index (χ1v) is 12.6. The molecule has 3 heterocycles. The Balaban J connectivity index is 1.88. The molecule has 0 saturated carbocycles. The predicted octanol–water partition coefficient (Wildman–Crippen LogP) is 5.41. The molecule has 1 saturated heterocycles. The maximum Gasteiger partial charge on any atom is 0.258 e. The fraction of sp³-hybridized carbons (Fsp3) is 0.542. The molecule has 0 spiro atoms. The van der Waals surface area contributed by atoms with Gasteiger partial charge in [0.15, 0.2) is 0 Å². The summed E-state index contributed by atoms with van der Waals surface area (Å²) in [6.07, 6.45) is 3.06. The zero-order chi connectivity index (χ0) is 23.4. The molecule has 3 aromatic rings. The second-order valence-electron chi connectivity index (χ2n) is 8.20. The molecule has 4 rings (SSSR count). The van der Waals surface area contributed by atoms with Crippen molar-refractivity contribution in [2.45, 2.75) is 45.4 Å². The highest BCUT2D eigenvalue weighted by atomic mass is 35.5. The van der Waals surface area contributed by atoms with Gasteiger partial charge in [-0.05, 0) is 42.5 Å². The number of hydrogen-bond donors (Lipinski definition) is 0. The van der Waals surface area contributed by atoms with Crippen molar-refractivity contribution in [1.82, 2.24) is 9.61 Å². The number of halogens is 1. The van der Waals surface area contributed by atoms with E-state index in [9.17, 15) is 0 Å². The summed E-state index contributed by atoms with van der Waals surface area (Å²) in [6.45, 7) is 5.62. The number of benzene rings is 1. The third-order valence-corrected chi connectivity index (χ3v) is 7.15. The highest BCUT2D eigenvalue weighted by Crippen LogP contribution is 2.42. The second-order valence-corrected chi connectivity index (χ2v) is 9.49. The van der Waals surface area contributed by atoms with Gasteiger partial charge in [0.1, 0.15) is 10.5 Å². The second kappa shape index (κ2) is 11.1. The van der Waals surface area contributed by atoms with E-state index in [1.807, 2.05) is 16.6 Å². The van der Waals surface area contributed by atoms with E-state index < -0.39 is 0 Å². The van der Waals surface area contributed by atoms with Crippen molar-refractivity contribution < 1.29 is 18.9 Å². The number of anilines is 1. The van der Waals surface area contributed by atoms with Crippen LogP contribution in [0.25, 0.3) is 16.1 Å². The van der Waals surface area contributed by atoms with Gasteiger partial charge in [-0.3, -0.25) is 0 Å². The summed E-state index contributed by atoms with van der Waals surface area (Å²) in [5.74, 6) is 0.651. The van der Waals surface area contributed by atoms with E-state index in [1.165, 1.54) is 0 Å². The largest absolute Gasteiger partial charge is 0.478 e. The smallest absolute Gasteiger partial charge is 0.258 e. The molecule has 2 aromatic heterocycles. The van der Waals surface area contributed by atoms with Gasteiger partial charge in [0.2, 0.25) is 0 Å². The minimum Gasteiger partial charge on any atom is -0.478 e. The van der Waals surface area contributed by atoms with Gasteiger partial charge in [0.25, 0.3) is 5.88 Å². The first kappa shape index (κ1) is 24.3. The third-order valence-electron chi connectivity index (χ3n) is 6.00. The number of nitrogens with zero attached hydrogens (tertiary/aromatic N) is 3. The van der Waals surface area contributed by atoms with Crippen LogP contribution in [0.4, 0.5) is 5.69 Å². The van der Waals surface area contributed by atoms with Crippen LogP contribution >= 0.6 is 22.9 Å². The summed E-state index contributed by atoms with van der Waals surface area (Å²) in [6, 6.07) is 4.32. The molecule has 7 nitrogen and oxygen atoms in total. The van der Waals surface area contributed by atoms with Crippen LogP contribution in [0.1, 0.15) is 37.3 Å². The Morgan fingerprint density at radius 2 is 1.82 bits per heavy atom. The van der Waals surface area contributed by atoms with Crippen LogP contribution in [-0.4, -0.2) is 56.7 Å². The van der Waals surface area contributed by atoms with Crippen LogP contribution in [0.5, 0.6) is 5.88 Å². The van der Waals surface area contributed by atoms with Crippen LogP contribution in [0.3, 0.4) is 0 Å². The first-order chi connectivity index (χ1) is 16.1. The third kappa shape index (κ3) is 4.86. The lowest BCUT2D eigenvalue weighted by atomic mass is 9.99. The highest BCUT2D eigenvalue weighted by Gasteiger charge is 2.30. The number of rotatable bonds is 10. The molecular weight excluding hydrogens is 462 g/mol. The number of hydrogen-bond acceptors (Lipinski definition) is 7. The first-order valence-electron chi connectivity index (χ1n) is 11.3. The van der Waals surface area contributed by atoms with Crippen LogP contribution in [0, 0.1) is 0 Å². The molecule has 1 aromatic carbocycles. The topological polar surface area (TPSA) is 57.5 Å². The molecule has 1 aliphatic heterocycles. The van der Waals surface area contributed by atoms with E-state index >= 15 is 0 Å². The summed E-state index contributed by atoms with van der Waals surface area (Å²) < 4.78 is 24.4. The molecule has 180 valence electrons. The lowest BCUT2D eigenvalue weighted by molar-refractivity contribution is 0.0843. The molecule has 0 amide bonds. The molecule has 0 unspecified atom stereocenters. The maximum absolute atomic E-state index is 6.42. The van der Waals surface area contributed by atoms with Crippen molar-refractivity contribution in [2.75, 3.05) is 46.0 Å². The molecule has 1 aliphatic rings. The van der Waals surface area contributed by atoms with Crippen LogP contribution in [-0.2, 0) is 27.4 Å². The molecule has 0 aliphatic carbocycles. The molecule has 33 heavy (non-hydrogen) atoms. The number of methoxy groups -OCH3 is 3. The quantitative estimate of drug-likeness (QED) is 0.376. The van der Waals surface area contributed by atoms with Crippen molar-refractivity contribution in [3.05, 3.63) is 33.7 Å². The van der Waals surface area contributed by atoms with E-state index in [0.29, 0.717) is 30.2 Å². The fourth-order valence-corrected chi connectivity index (χ4v) is 5.92. The monoisotopic (exact) mass is 493 g/mol. The van der Waals surface area contributed by atoms with Gasteiger partial charge in [0.05, 0.1) is 26.0 Å². The Kier molecular flexibility index (Phi) is 8.14. The lowest BCUT2D eigenvalue weighted by Gasteiger charge is -2.35. The van der Waals surface area contributed by atoms with Gasteiger partial charge in [-0.1, -0.05) is 18.5 Å². The van der Waals surface area contributed by atoms with E-state index in [2.05, 4.69) is 17.2 Å². The molecular formula is C24H32ClN3O4S. The van der Waals surface area contributed by atoms with Gasteiger partial charge in [-0.25, -0.2) is 4.52 Å². The zero-order valence-electron chi connectivity index (χ0n) is 19.7. The molecule has 0 N–H and O–H groups in total. The number of thiazole rings is 1. The van der Waals surface area contributed by atoms with E-state index in [1.54, 1.807) is 32.7 Å². The average molecular weight is 494 g/mol. The summed E-state index contributed by atoms with van der Waals surface area (Å²) in [7, 11) is 5.07. The van der Waals surface area contributed by atoms with Crippen molar-refractivity contribution in [2.24, 2.45) is 0 Å². The molecule has 0 bridgehead atoms. The Labute approximate surface area is 204 Å². The Morgan fingerprint density at radius 1 is 1.15 bits per heavy atom. The van der Waals surface area contributed by atoms with Gasteiger partial charge in [-0.2, -0.15) is 0 Å². The van der Waals surface area contributed by atoms with Gasteiger partial charge >= 0.3 is 0 Å². The molecule has 9 heteroatoms. The van der Waals surface area contributed by atoms with Gasteiger partial charge in [0, 0.05) is 56.0 Å². The predicted molar refractivity (Wildman–Crippen MR) is 133 cm³/mol. The Bertz CT molecular complexity index is 1050. The van der Waals surface area contributed by atoms with E-state index in [-0.39, 0.29) is 0 Å². The summed E-state index contributed by atoms with van der Waals surface area (Å²) in [5.41, 5.74) is 5.10. The SMILES string of the molecule is CCCN(c1c(OC)nn2c(-c3c(COC)cc(Cl)cc3COC)csc12)C1CCOCC1. The molecule has 1 fully saturated rings. The number of ether oxygens (including phenoxy) is 4. The van der Waals surface area contributed by atoms with Gasteiger partial charge in [-0.15, -0.1) is 16.4 Å². The van der Waals surface area contributed by atoms with Crippen LogP contribution in [0.2, 0.25) is 5.02 Å². The van der Waals surface area contributed by atoms with E-state index in [0.717, 1.165) is 71.9 Å². The van der Waals surface area contributed by atoms with Crippen molar-refractivity contribution in [3.8, 4) is 17.1 Å². The van der Waals surface area contributed by atoms with Crippen LogP contribution in [0.15, 0.2) is 17.5 Å². The lowest BCUT2D eigenvalue weighted by Crippen LogP contribution is -2.40. The molecule has 0 atom stereocenters. The maximum atomic E-state index is 6.42. The Morgan fingerprint density at radius 3 is 2.39 bits per heavy atom. The van der Waals surface area contributed by atoms with E-state index in [4.69, 9.17) is 35.6 Å². The summed E-state index contributed by atoms with van der Waals surface area (Å²) >= 11 is 8.10. The van der Waals surface area contributed by atoms with Crippen molar-refractivity contribution in [3.63, 3.8) is 0 Å².